The molecule has 2 aliphatic rings. The third-order valence-electron chi connectivity index (χ3n) is 3.90. The SMILES string of the molecule is CC1OCCC1C(O)c1ccc2c(c1)CCO2. The summed E-state index contributed by atoms with van der Waals surface area (Å²) in [6.07, 6.45) is 1.62. The second kappa shape index (κ2) is 4.31. The molecule has 1 aromatic carbocycles. The molecule has 0 amide bonds. The average Bonchev–Trinajstić information content (AvgIpc) is 2.95. The molecule has 0 aromatic heterocycles. The zero-order valence-electron chi connectivity index (χ0n) is 10.1. The molecule has 1 N–H and O–H groups in total. The van der Waals surface area contributed by atoms with E-state index in [1.807, 2.05) is 19.1 Å². The molecule has 2 aliphatic heterocycles. The van der Waals surface area contributed by atoms with E-state index >= 15 is 0 Å². The summed E-state index contributed by atoms with van der Waals surface area (Å²) in [5, 5.41) is 10.4. The van der Waals surface area contributed by atoms with Crippen LogP contribution in [0.2, 0.25) is 0 Å². The zero-order chi connectivity index (χ0) is 11.8. The molecule has 0 radical (unpaired) electrons. The summed E-state index contributed by atoms with van der Waals surface area (Å²) < 4.78 is 11.0. The molecule has 1 saturated heterocycles. The highest BCUT2D eigenvalue weighted by Crippen LogP contribution is 2.35. The fourth-order valence-corrected chi connectivity index (χ4v) is 2.80. The highest BCUT2D eigenvalue weighted by molar-refractivity contribution is 5.40. The van der Waals surface area contributed by atoms with Crippen LogP contribution in [0.25, 0.3) is 0 Å². The van der Waals surface area contributed by atoms with Gasteiger partial charge in [-0.1, -0.05) is 6.07 Å². The molecule has 3 unspecified atom stereocenters. The standard InChI is InChI=1S/C14H18O3/c1-9-12(5-7-16-9)14(15)11-2-3-13-10(8-11)4-6-17-13/h2-3,8-9,12,14-15H,4-7H2,1H3. The summed E-state index contributed by atoms with van der Waals surface area (Å²) in [6, 6.07) is 6.03. The highest BCUT2D eigenvalue weighted by Gasteiger charge is 2.32. The van der Waals surface area contributed by atoms with Gasteiger partial charge in [-0.25, -0.2) is 0 Å². The lowest BCUT2D eigenvalue weighted by Gasteiger charge is -2.21. The summed E-state index contributed by atoms with van der Waals surface area (Å²) in [7, 11) is 0. The van der Waals surface area contributed by atoms with E-state index in [9.17, 15) is 5.11 Å². The first-order chi connectivity index (χ1) is 8.25. The predicted octanol–water partition coefficient (Wildman–Crippen LogP) is 2.08. The van der Waals surface area contributed by atoms with E-state index in [-0.39, 0.29) is 12.0 Å². The van der Waals surface area contributed by atoms with E-state index in [2.05, 4.69) is 6.07 Å². The van der Waals surface area contributed by atoms with Crippen molar-refractivity contribution in [1.29, 1.82) is 0 Å². The van der Waals surface area contributed by atoms with Crippen LogP contribution in [0.5, 0.6) is 5.75 Å². The number of benzene rings is 1. The number of aliphatic hydroxyl groups excluding tert-OH is 1. The van der Waals surface area contributed by atoms with Gasteiger partial charge in [-0.15, -0.1) is 0 Å². The second-order valence-electron chi connectivity index (χ2n) is 4.94. The Balaban J connectivity index is 1.83. The quantitative estimate of drug-likeness (QED) is 0.851. The Bertz CT molecular complexity index is 416. The van der Waals surface area contributed by atoms with Gasteiger partial charge in [0.15, 0.2) is 0 Å². The number of fused-ring (bicyclic) bond motifs is 1. The van der Waals surface area contributed by atoms with Crippen molar-refractivity contribution < 1.29 is 14.6 Å². The van der Waals surface area contributed by atoms with Crippen molar-refractivity contribution in [2.75, 3.05) is 13.2 Å². The highest BCUT2D eigenvalue weighted by atomic mass is 16.5. The molecule has 0 bridgehead atoms. The van der Waals surface area contributed by atoms with Crippen LogP contribution in [-0.4, -0.2) is 24.4 Å². The van der Waals surface area contributed by atoms with E-state index in [0.29, 0.717) is 0 Å². The lowest BCUT2D eigenvalue weighted by Crippen LogP contribution is -2.19. The fraction of sp³-hybridized carbons (Fsp3) is 0.571. The minimum Gasteiger partial charge on any atom is -0.493 e. The molecule has 0 spiro atoms. The van der Waals surface area contributed by atoms with E-state index in [1.54, 1.807) is 0 Å². The molecule has 1 aromatic rings. The van der Waals surface area contributed by atoms with E-state index in [4.69, 9.17) is 9.47 Å². The largest absolute Gasteiger partial charge is 0.493 e. The Kier molecular flexibility index (Phi) is 2.81. The van der Waals surface area contributed by atoms with Crippen molar-refractivity contribution in [3.05, 3.63) is 29.3 Å². The first-order valence-corrected chi connectivity index (χ1v) is 6.31. The predicted molar refractivity (Wildman–Crippen MR) is 64.1 cm³/mol. The van der Waals surface area contributed by atoms with Crippen molar-refractivity contribution in [1.82, 2.24) is 0 Å². The lowest BCUT2D eigenvalue weighted by atomic mass is 9.90. The Hall–Kier alpha value is -1.06. The van der Waals surface area contributed by atoms with Crippen LogP contribution in [0.15, 0.2) is 18.2 Å². The van der Waals surface area contributed by atoms with Gasteiger partial charge < -0.3 is 14.6 Å². The number of aliphatic hydroxyl groups is 1. The molecule has 92 valence electrons. The van der Waals surface area contributed by atoms with Gasteiger partial charge in [0, 0.05) is 18.9 Å². The maximum absolute atomic E-state index is 10.4. The van der Waals surface area contributed by atoms with Crippen LogP contribution in [0.1, 0.15) is 30.6 Å². The molecule has 3 atom stereocenters. The van der Waals surface area contributed by atoms with Crippen molar-refractivity contribution in [3.63, 3.8) is 0 Å². The molecule has 17 heavy (non-hydrogen) atoms. The number of hydrogen-bond acceptors (Lipinski definition) is 3. The zero-order valence-corrected chi connectivity index (χ0v) is 10.1. The van der Waals surface area contributed by atoms with Crippen molar-refractivity contribution in [2.24, 2.45) is 5.92 Å². The monoisotopic (exact) mass is 234 g/mol. The van der Waals surface area contributed by atoms with E-state index in [0.717, 1.165) is 37.4 Å². The Morgan fingerprint density at radius 2 is 2.24 bits per heavy atom. The number of ether oxygens (including phenoxy) is 2. The summed E-state index contributed by atoms with van der Waals surface area (Å²) >= 11 is 0. The van der Waals surface area contributed by atoms with Crippen LogP contribution in [0, 0.1) is 5.92 Å². The van der Waals surface area contributed by atoms with Gasteiger partial charge in [-0.2, -0.15) is 0 Å². The summed E-state index contributed by atoms with van der Waals surface area (Å²) in [6.45, 7) is 3.56. The number of rotatable bonds is 2. The fourth-order valence-electron chi connectivity index (χ4n) is 2.80. The summed E-state index contributed by atoms with van der Waals surface area (Å²) in [5.74, 6) is 1.19. The summed E-state index contributed by atoms with van der Waals surface area (Å²) in [5.41, 5.74) is 2.21. The number of hydrogen-bond donors (Lipinski definition) is 1. The average molecular weight is 234 g/mol. The smallest absolute Gasteiger partial charge is 0.122 e. The van der Waals surface area contributed by atoms with Crippen molar-refractivity contribution in [3.8, 4) is 5.75 Å². The van der Waals surface area contributed by atoms with Crippen LogP contribution in [0.3, 0.4) is 0 Å². The van der Waals surface area contributed by atoms with Crippen LogP contribution < -0.4 is 4.74 Å². The molecule has 1 fully saturated rings. The Labute approximate surface area is 101 Å². The molecule has 3 heteroatoms. The van der Waals surface area contributed by atoms with E-state index < -0.39 is 6.10 Å². The molecule has 3 rings (SSSR count). The molecule has 2 heterocycles. The summed E-state index contributed by atoms with van der Waals surface area (Å²) in [4.78, 5) is 0. The lowest BCUT2D eigenvalue weighted by molar-refractivity contribution is 0.0431. The molecule has 0 saturated carbocycles. The van der Waals surface area contributed by atoms with Gasteiger partial charge in [0.25, 0.3) is 0 Å². The van der Waals surface area contributed by atoms with Gasteiger partial charge in [0.1, 0.15) is 5.75 Å². The Morgan fingerprint density at radius 1 is 1.35 bits per heavy atom. The van der Waals surface area contributed by atoms with Crippen LogP contribution >= 0.6 is 0 Å². The van der Waals surface area contributed by atoms with Gasteiger partial charge in [-0.3, -0.25) is 0 Å². The molecule has 0 aliphatic carbocycles. The van der Waals surface area contributed by atoms with Crippen LogP contribution in [0.4, 0.5) is 0 Å². The Morgan fingerprint density at radius 3 is 3.00 bits per heavy atom. The topological polar surface area (TPSA) is 38.7 Å². The molecular formula is C14H18O3. The third-order valence-corrected chi connectivity index (χ3v) is 3.90. The van der Waals surface area contributed by atoms with Crippen LogP contribution in [-0.2, 0) is 11.2 Å². The van der Waals surface area contributed by atoms with Gasteiger partial charge >= 0.3 is 0 Å². The maximum atomic E-state index is 10.4. The second-order valence-corrected chi connectivity index (χ2v) is 4.94. The normalized spacial score (nSPS) is 28.8. The first-order valence-electron chi connectivity index (χ1n) is 6.31. The van der Waals surface area contributed by atoms with Crippen molar-refractivity contribution >= 4 is 0 Å². The maximum Gasteiger partial charge on any atom is 0.122 e. The van der Waals surface area contributed by atoms with Gasteiger partial charge in [0.2, 0.25) is 0 Å². The first kappa shape index (κ1) is 11.1. The van der Waals surface area contributed by atoms with Gasteiger partial charge in [0.05, 0.1) is 18.8 Å². The molecular weight excluding hydrogens is 216 g/mol. The third kappa shape index (κ3) is 1.94. The molecule has 3 nitrogen and oxygen atoms in total. The minimum absolute atomic E-state index is 0.148. The minimum atomic E-state index is -0.418. The van der Waals surface area contributed by atoms with E-state index in [1.165, 1.54) is 5.56 Å². The van der Waals surface area contributed by atoms with Gasteiger partial charge in [-0.05, 0) is 36.6 Å². The van der Waals surface area contributed by atoms with Crippen molar-refractivity contribution in [2.45, 2.75) is 32.0 Å².